The molecule has 10 atom stereocenters. The van der Waals surface area contributed by atoms with Crippen LogP contribution in [0.5, 0.6) is 0 Å². The smallest absolute Gasteiger partial charge is 0.246 e. The van der Waals surface area contributed by atoms with Gasteiger partial charge in [-0.3, -0.25) is 38.4 Å². The lowest BCUT2D eigenvalue weighted by Crippen LogP contribution is -2.59. The molecule has 0 radical (unpaired) electrons. The average Bonchev–Trinajstić information content (AvgIpc) is 4.10. The summed E-state index contributed by atoms with van der Waals surface area (Å²) in [4.78, 5) is 114. The first kappa shape index (κ1) is 61.3. The van der Waals surface area contributed by atoms with Gasteiger partial charge in [-0.2, -0.15) is 0 Å². The SMILES string of the molecule is CN[C@@H](C)C(=O)N[C@H](C(=O)N1C[C@@H](NC(=O)CCCCCCCCC(=O)N[C@H]2C[C@@H](C(=O)N[C@@H]3CCCc4ccccc43)N(C(=O)[C@@H](NC(=O)[C@H](C)NC)C(C)(C)C)C2)C[C@H]1C(=O)N[C@@H]1CCCc2ccccc21)C(C)(C)C. The zero-order valence-electron chi connectivity index (χ0n) is 48.3. The third-order valence-electron chi connectivity index (χ3n) is 16.4. The fourth-order valence-corrected chi connectivity index (χ4v) is 11.5. The van der Waals surface area contributed by atoms with E-state index in [1.54, 1.807) is 37.7 Å². The molecular weight excluding hydrogens is 989 g/mol. The molecule has 0 unspecified atom stereocenters. The molecular formula is C60H92N10O8. The fraction of sp³-hybridized carbons (Fsp3) is 0.667. The molecule has 0 saturated carbocycles. The van der Waals surface area contributed by atoms with Gasteiger partial charge in [-0.15, -0.1) is 0 Å². The molecule has 8 N–H and O–H groups in total. The Hall–Kier alpha value is -5.88. The molecule has 0 aromatic heterocycles. The number of likely N-dealkylation sites (tertiary alicyclic amines) is 2. The Labute approximate surface area is 463 Å². The van der Waals surface area contributed by atoms with E-state index < -0.39 is 59.2 Å². The van der Waals surface area contributed by atoms with Gasteiger partial charge in [-0.25, -0.2) is 0 Å². The van der Waals surface area contributed by atoms with Crippen molar-refractivity contribution in [3.05, 3.63) is 70.8 Å². The van der Waals surface area contributed by atoms with Gasteiger partial charge in [0, 0.05) is 38.0 Å². The lowest BCUT2D eigenvalue weighted by Gasteiger charge is -2.36. The van der Waals surface area contributed by atoms with Gasteiger partial charge in [0.05, 0.1) is 24.2 Å². The molecule has 18 heteroatoms. The van der Waals surface area contributed by atoms with Gasteiger partial charge in [0.2, 0.25) is 47.3 Å². The molecule has 2 fully saturated rings. The van der Waals surface area contributed by atoms with Crippen LogP contribution in [0.3, 0.4) is 0 Å². The zero-order chi connectivity index (χ0) is 56.9. The van der Waals surface area contributed by atoms with Crippen LogP contribution in [0.2, 0.25) is 0 Å². The van der Waals surface area contributed by atoms with E-state index in [-0.39, 0.29) is 98.1 Å². The highest BCUT2D eigenvalue weighted by molar-refractivity contribution is 5.95. The second-order valence-electron chi connectivity index (χ2n) is 24.6. The lowest BCUT2D eigenvalue weighted by atomic mass is 9.85. The molecule has 0 bridgehead atoms. The Morgan fingerprint density at radius 3 is 1.24 bits per heavy atom. The third-order valence-corrected chi connectivity index (χ3v) is 16.4. The Morgan fingerprint density at radius 1 is 0.526 bits per heavy atom. The third kappa shape index (κ3) is 16.4. The number of amides is 8. The number of hydrogen-bond donors (Lipinski definition) is 8. The van der Waals surface area contributed by atoms with Crippen molar-refractivity contribution in [3.63, 3.8) is 0 Å². The minimum Gasteiger partial charge on any atom is -0.351 e. The van der Waals surface area contributed by atoms with Crippen LogP contribution in [0.25, 0.3) is 0 Å². The quantitative estimate of drug-likeness (QED) is 0.0698. The molecule has 2 heterocycles. The minimum absolute atomic E-state index is 0.137. The van der Waals surface area contributed by atoms with E-state index in [1.807, 2.05) is 77.9 Å². The van der Waals surface area contributed by atoms with Crippen molar-refractivity contribution >= 4 is 47.3 Å². The highest BCUT2D eigenvalue weighted by atomic mass is 16.2. The number of fused-ring (bicyclic) bond motifs is 2. The molecule has 4 aliphatic rings. The monoisotopic (exact) mass is 1080 g/mol. The molecule has 18 nitrogen and oxygen atoms in total. The standard InChI is InChI=1S/C60H92N10O8/c1-37(61-9)53(73)67-51(59(3,4)5)57(77)69-35-41(33-47(69)55(75)65-45-29-21-25-39-23-17-19-27-43(39)45)63-49(71)31-15-13-11-12-14-16-32-50(72)64-42-34-48(56(76)66-46-30-22-26-40-24-18-20-28-44(40)46)70(36-42)58(78)52(60(6,7)8)68-54(74)38(2)62-10/h17-20,23-24,27-28,37-38,41-42,45-48,51-52,61-62H,11-16,21-22,25-26,29-36H2,1-10H3,(H,63,71)(H,64,72)(H,65,75)(H,66,76)(H,67,73)(H,68,74)/t37-,38-,41-,42-,45+,46+,47-,48-,51+,52+/m0/s1. The number of likely N-dealkylation sites (N-methyl/N-ethyl adjacent to an activating group) is 2. The summed E-state index contributed by atoms with van der Waals surface area (Å²) in [6, 6.07) is 10.4. The molecule has 2 aliphatic heterocycles. The molecule has 0 spiro atoms. The maximum Gasteiger partial charge on any atom is 0.246 e. The number of rotatable bonds is 23. The molecule has 2 aliphatic carbocycles. The Kier molecular flexibility index (Phi) is 21.9. The van der Waals surface area contributed by atoms with Crippen LogP contribution < -0.4 is 42.5 Å². The highest BCUT2D eigenvalue weighted by Crippen LogP contribution is 2.34. The van der Waals surface area contributed by atoms with E-state index in [0.717, 1.165) is 75.3 Å². The van der Waals surface area contributed by atoms with E-state index in [9.17, 15) is 38.4 Å². The summed E-state index contributed by atoms with van der Waals surface area (Å²) < 4.78 is 0. The zero-order valence-corrected chi connectivity index (χ0v) is 48.3. The van der Waals surface area contributed by atoms with Crippen LogP contribution >= 0.6 is 0 Å². The number of aryl methyl sites for hydroxylation is 2. The number of unbranched alkanes of at least 4 members (excludes halogenated alkanes) is 5. The van der Waals surface area contributed by atoms with E-state index in [1.165, 1.54) is 11.1 Å². The maximum atomic E-state index is 14.5. The molecule has 8 amide bonds. The van der Waals surface area contributed by atoms with Crippen LogP contribution in [0.4, 0.5) is 0 Å². The summed E-state index contributed by atoms with van der Waals surface area (Å²) in [5.74, 6) is -2.23. The van der Waals surface area contributed by atoms with Gasteiger partial charge >= 0.3 is 0 Å². The van der Waals surface area contributed by atoms with E-state index in [4.69, 9.17) is 0 Å². The van der Waals surface area contributed by atoms with Crippen molar-refractivity contribution < 1.29 is 38.4 Å². The minimum atomic E-state index is -0.911. The van der Waals surface area contributed by atoms with Crippen LogP contribution in [0.15, 0.2) is 48.5 Å². The van der Waals surface area contributed by atoms with Crippen molar-refractivity contribution in [3.8, 4) is 0 Å². The first-order valence-corrected chi connectivity index (χ1v) is 28.9. The Balaban J connectivity index is 0.978. The summed E-state index contributed by atoms with van der Waals surface area (Å²) in [6.07, 6.45) is 11.1. The second-order valence-corrected chi connectivity index (χ2v) is 24.6. The molecule has 2 saturated heterocycles. The fourth-order valence-electron chi connectivity index (χ4n) is 11.5. The predicted octanol–water partition coefficient (Wildman–Crippen LogP) is 4.94. The van der Waals surface area contributed by atoms with Crippen LogP contribution in [0.1, 0.15) is 180 Å². The van der Waals surface area contributed by atoms with Crippen molar-refractivity contribution in [1.82, 2.24) is 52.3 Å². The number of carbonyl (C=O) groups is 8. The van der Waals surface area contributed by atoms with Gasteiger partial charge in [0.25, 0.3) is 0 Å². The summed E-state index contributed by atoms with van der Waals surface area (Å²) in [5, 5.41) is 24.4. The van der Waals surface area contributed by atoms with Crippen LogP contribution in [-0.2, 0) is 51.2 Å². The number of nitrogens with one attached hydrogen (secondary N) is 8. The van der Waals surface area contributed by atoms with Gasteiger partial charge in [0.1, 0.15) is 24.2 Å². The summed E-state index contributed by atoms with van der Waals surface area (Å²) in [7, 11) is 3.35. The second kappa shape index (κ2) is 27.8. The lowest BCUT2D eigenvalue weighted by molar-refractivity contribution is -0.144. The summed E-state index contributed by atoms with van der Waals surface area (Å²) in [6.45, 7) is 15.0. The van der Waals surface area contributed by atoms with Crippen molar-refractivity contribution in [1.29, 1.82) is 0 Å². The van der Waals surface area contributed by atoms with E-state index >= 15 is 0 Å². The molecule has 78 heavy (non-hydrogen) atoms. The predicted molar refractivity (Wildman–Crippen MR) is 301 cm³/mol. The Bertz CT molecular complexity index is 2270. The molecule has 6 rings (SSSR count). The topological polar surface area (TPSA) is 239 Å². The number of nitrogens with zero attached hydrogens (tertiary/aromatic N) is 2. The van der Waals surface area contributed by atoms with Gasteiger partial charge < -0.3 is 52.3 Å². The average molecular weight is 1080 g/mol. The largest absolute Gasteiger partial charge is 0.351 e. The van der Waals surface area contributed by atoms with Gasteiger partial charge in [-0.1, -0.05) is 116 Å². The number of carbonyl (C=O) groups excluding carboxylic acids is 8. The Morgan fingerprint density at radius 2 is 0.885 bits per heavy atom. The molecule has 2 aromatic rings. The maximum absolute atomic E-state index is 14.5. The van der Waals surface area contributed by atoms with Crippen molar-refractivity contribution in [2.24, 2.45) is 10.8 Å². The highest BCUT2D eigenvalue weighted by Gasteiger charge is 2.48. The van der Waals surface area contributed by atoms with Crippen LogP contribution in [-0.4, -0.2) is 133 Å². The van der Waals surface area contributed by atoms with Crippen molar-refractivity contribution in [2.75, 3.05) is 27.2 Å². The van der Waals surface area contributed by atoms with Gasteiger partial charge in [0.15, 0.2) is 0 Å². The first-order chi connectivity index (χ1) is 37.0. The van der Waals surface area contributed by atoms with Crippen LogP contribution in [0, 0.1) is 10.8 Å². The molecule has 2 aromatic carbocycles. The normalized spacial score (nSPS) is 22.6. The van der Waals surface area contributed by atoms with Gasteiger partial charge in [-0.05, 0) is 125 Å². The summed E-state index contributed by atoms with van der Waals surface area (Å²) >= 11 is 0. The first-order valence-electron chi connectivity index (χ1n) is 28.9. The summed E-state index contributed by atoms with van der Waals surface area (Å²) in [5.41, 5.74) is 3.23. The van der Waals surface area contributed by atoms with E-state index in [2.05, 4.69) is 54.7 Å². The van der Waals surface area contributed by atoms with E-state index in [0.29, 0.717) is 12.8 Å². The number of hydrogen-bond acceptors (Lipinski definition) is 10. The van der Waals surface area contributed by atoms with Crippen molar-refractivity contribution in [2.45, 2.75) is 219 Å². The molecule has 430 valence electrons. The number of benzene rings is 2.